The number of hydrogen-bond donors (Lipinski definition) is 1. The van der Waals surface area contributed by atoms with Crippen molar-refractivity contribution in [2.24, 2.45) is 0 Å². The molecule has 0 bridgehead atoms. The van der Waals surface area contributed by atoms with Gasteiger partial charge in [0.05, 0.1) is 7.11 Å². The summed E-state index contributed by atoms with van der Waals surface area (Å²) in [5.41, 5.74) is 2.49. The smallest absolute Gasteiger partial charge is 0.123 e. The van der Waals surface area contributed by atoms with Gasteiger partial charge in [-0.25, -0.2) is 0 Å². The molecule has 1 aromatic rings. The van der Waals surface area contributed by atoms with Crippen molar-refractivity contribution in [3.05, 3.63) is 23.3 Å². The van der Waals surface area contributed by atoms with E-state index in [4.69, 9.17) is 4.74 Å². The third-order valence-corrected chi connectivity index (χ3v) is 3.04. The van der Waals surface area contributed by atoms with Gasteiger partial charge in [0, 0.05) is 17.0 Å². The Morgan fingerprint density at radius 2 is 2.14 bits per heavy atom. The van der Waals surface area contributed by atoms with Gasteiger partial charge in [-0.3, -0.25) is 0 Å². The number of benzene rings is 1. The van der Waals surface area contributed by atoms with Crippen molar-refractivity contribution in [2.75, 3.05) is 20.4 Å². The molecular weight excluding hydrogens is 194 g/mol. The summed E-state index contributed by atoms with van der Waals surface area (Å²) in [6, 6.07) is 4.29. The molecule has 0 unspecified atom stereocenters. The Morgan fingerprint density at radius 3 is 2.64 bits per heavy atom. The number of thioether (sulfide) groups is 1. The summed E-state index contributed by atoms with van der Waals surface area (Å²) < 4.78 is 5.33. The first-order valence-corrected chi connectivity index (χ1v) is 5.81. The molecule has 0 amide bonds. The summed E-state index contributed by atoms with van der Waals surface area (Å²) in [5, 5.41) is 3.14. The Bertz CT molecular complexity index is 312. The minimum Gasteiger partial charge on any atom is -0.496 e. The molecule has 0 spiro atoms. The van der Waals surface area contributed by atoms with Crippen LogP contribution < -0.4 is 10.1 Å². The number of aryl methyl sites for hydroxylation is 1. The van der Waals surface area contributed by atoms with Crippen LogP contribution >= 0.6 is 11.8 Å². The zero-order chi connectivity index (χ0) is 10.6. The van der Waals surface area contributed by atoms with Crippen molar-refractivity contribution in [1.82, 2.24) is 5.32 Å². The Hall–Kier alpha value is -0.670. The van der Waals surface area contributed by atoms with Crippen LogP contribution in [0.3, 0.4) is 0 Å². The highest BCUT2D eigenvalue weighted by molar-refractivity contribution is 7.98. The van der Waals surface area contributed by atoms with Crippen LogP contribution in [-0.4, -0.2) is 20.4 Å². The molecule has 3 heteroatoms. The first kappa shape index (κ1) is 11.4. The van der Waals surface area contributed by atoms with Crippen LogP contribution in [0.1, 0.15) is 11.1 Å². The first-order valence-electron chi connectivity index (χ1n) is 4.59. The van der Waals surface area contributed by atoms with E-state index in [1.165, 1.54) is 16.0 Å². The van der Waals surface area contributed by atoms with Crippen molar-refractivity contribution in [3.63, 3.8) is 0 Å². The summed E-state index contributed by atoms with van der Waals surface area (Å²) in [6.07, 6.45) is 2.10. The highest BCUT2D eigenvalue weighted by atomic mass is 32.2. The molecule has 0 saturated heterocycles. The predicted molar refractivity (Wildman–Crippen MR) is 62.3 cm³/mol. The zero-order valence-corrected chi connectivity index (χ0v) is 9.99. The Morgan fingerprint density at radius 1 is 1.43 bits per heavy atom. The highest BCUT2D eigenvalue weighted by Crippen LogP contribution is 2.28. The lowest BCUT2D eigenvalue weighted by molar-refractivity contribution is 0.407. The summed E-state index contributed by atoms with van der Waals surface area (Å²) in [5.74, 6) is 0.967. The van der Waals surface area contributed by atoms with Gasteiger partial charge >= 0.3 is 0 Å². The predicted octanol–water partition coefficient (Wildman–Crippen LogP) is 2.44. The van der Waals surface area contributed by atoms with Gasteiger partial charge in [0.2, 0.25) is 0 Å². The van der Waals surface area contributed by atoms with Gasteiger partial charge in [0.1, 0.15) is 5.75 Å². The van der Waals surface area contributed by atoms with Crippen molar-refractivity contribution in [2.45, 2.75) is 18.4 Å². The molecule has 0 saturated carbocycles. The SMILES string of the molecule is CNCc1cc(SC)c(C)cc1OC. The maximum absolute atomic E-state index is 5.33. The number of hydrogen-bond acceptors (Lipinski definition) is 3. The number of rotatable bonds is 4. The van der Waals surface area contributed by atoms with E-state index in [2.05, 4.69) is 30.6 Å². The molecule has 0 atom stereocenters. The zero-order valence-electron chi connectivity index (χ0n) is 9.18. The Balaban J connectivity index is 3.11. The lowest BCUT2D eigenvalue weighted by Crippen LogP contribution is -2.07. The number of methoxy groups -OCH3 is 1. The summed E-state index contributed by atoms with van der Waals surface area (Å²) >= 11 is 1.77. The normalized spacial score (nSPS) is 10.3. The summed E-state index contributed by atoms with van der Waals surface area (Å²) in [6.45, 7) is 2.95. The molecule has 0 aliphatic heterocycles. The first-order chi connectivity index (χ1) is 6.72. The highest BCUT2D eigenvalue weighted by Gasteiger charge is 2.06. The van der Waals surface area contributed by atoms with Gasteiger partial charge < -0.3 is 10.1 Å². The van der Waals surface area contributed by atoms with E-state index in [9.17, 15) is 0 Å². The molecule has 2 nitrogen and oxygen atoms in total. The standard InChI is InChI=1S/C11H17NOS/c1-8-5-10(13-3)9(7-12-2)6-11(8)14-4/h5-6,12H,7H2,1-4H3. The third-order valence-electron chi connectivity index (χ3n) is 2.17. The van der Waals surface area contributed by atoms with E-state index >= 15 is 0 Å². The fraction of sp³-hybridized carbons (Fsp3) is 0.455. The van der Waals surface area contributed by atoms with Gasteiger partial charge in [0.25, 0.3) is 0 Å². The van der Waals surface area contributed by atoms with Gasteiger partial charge in [-0.05, 0) is 37.9 Å². The van der Waals surface area contributed by atoms with Crippen molar-refractivity contribution >= 4 is 11.8 Å². The average Bonchev–Trinajstić information content (AvgIpc) is 2.20. The molecule has 0 fully saturated rings. The maximum Gasteiger partial charge on any atom is 0.123 e. The van der Waals surface area contributed by atoms with E-state index in [1.54, 1.807) is 18.9 Å². The van der Waals surface area contributed by atoms with E-state index in [0.717, 1.165) is 12.3 Å². The monoisotopic (exact) mass is 211 g/mol. The second kappa shape index (κ2) is 5.27. The molecule has 14 heavy (non-hydrogen) atoms. The third kappa shape index (κ3) is 2.42. The van der Waals surface area contributed by atoms with Gasteiger partial charge in [-0.15, -0.1) is 11.8 Å². The lowest BCUT2D eigenvalue weighted by atomic mass is 10.1. The van der Waals surface area contributed by atoms with Gasteiger partial charge in [0.15, 0.2) is 0 Å². The quantitative estimate of drug-likeness (QED) is 0.773. The summed E-state index contributed by atoms with van der Waals surface area (Å²) in [4.78, 5) is 1.32. The Kier molecular flexibility index (Phi) is 4.29. The van der Waals surface area contributed by atoms with Crippen LogP contribution in [-0.2, 0) is 6.54 Å². The largest absolute Gasteiger partial charge is 0.496 e. The van der Waals surface area contributed by atoms with E-state index in [-0.39, 0.29) is 0 Å². The minimum atomic E-state index is 0.844. The Labute approximate surface area is 90.0 Å². The molecule has 0 radical (unpaired) electrons. The molecule has 0 aromatic heterocycles. The van der Waals surface area contributed by atoms with E-state index in [1.807, 2.05) is 7.05 Å². The van der Waals surface area contributed by atoms with Crippen LogP contribution in [0, 0.1) is 6.92 Å². The number of nitrogens with one attached hydrogen (secondary N) is 1. The van der Waals surface area contributed by atoms with Crippen LogP contribution in [0.25, 0.3) is 0 Å². The van der Waals surface area contributed by atoms with Crippen LogP contribution in [0.5, 0.6) is 5.75 Å². The fourth-order valence-corrected chi connectivity index (χ4v) is 2.08. The van der Waals surface area contributed by atoms with Crippen molar-refractivity contribution in [1.29, 1.82) is 0 Å². The molecular formula is C11H17NOS. The average molecular weight is 211 g/mol. The van der Waals surface area contributed by atoms with Crippen LogP contribution in [0.2, 0.25) is 0 Å². The van der Waals surface area contributed by atoms with Crippen LogP contribution in [0.15, 0.2) is 17.0 Å². The van der Waals surface area contributed by atoms with Crippen LogP contribution in [0.4, 0.5) is 0 Å². The maximum atomic E-state index is 5.33. The second-order valence-corrected chi connectivity index (χ2v) is 4.01. The molecule has 1 aromatic carbocycles. The van der Waals surface area contributed by atoms with E-state index in [0.29, 0.717) is 0 Å². The molecule has 78 valence electrons. The van der Waals surface area contributed by atoms with Crippen molar-refractivity contribution < 1.29 is 4.74 Å². The lowest BCUT2D eigenvalue weighted by Gasteiger charge is -2.12. The topological polar surface area (TPSA) is 21.3 Å². The van der Waals surface area contributed by atoms with Gasteiger partial charge in [-0.1, -0.05) is 0 Å². The van der Waals surface area contributed by atoms with Gasteiger partial charge in [-0.2, -0.15) is 0 Å². The molecule has 1 rings (SSSR count). The second-order valence-electron chi connectivity index (χ2n) is 3.16. The minimum absolute atomic E-state index is 0.844. The molecule has 0 aliphatic rings. The molecule has 0 heterocycles. The fourth-order valence-electron chi connectivity index (χ4n) is 1.44. The van der Waals surface area contributed by atoms with Crippen molar-refractivity contribution in [3.8, 4) is 5.75 Å². The van der Waals surface area contributed by atoms with E-state index < -0.39 is 0 Å². The summed E-state index contributed by atoms with van der Waals surface area (Å²) in [7, 11) is 3.66. The molecule has 0 aliphatic carbocycles. The number of ether oxygens (including phenoxy) is 1. The molecule has 1 N–H and O–H groups in total.